The molecule has 2 N–H and O–H groups in total. The van der Waals surface area contributed by atoms with E-state index in [4.69, 9.17) is 11.6 Å². The normalized spacial score (nSPS) is 12.4. The SMILES string of the molecule is C/C(=C\c1cccc(Cl)c1)C(=O)N(C)CC(C)(CO)CO. The minimum absolute atomic E-state index is 0.150. The first-order chi connectivity index (χ1) is 9.81. The van der Waals surface area contributed by atoms with Gasteiger partial charge in [-0.3, -0.25) is 4.79 Å². The van der Waals surface area contributed by atoms with Crippen LogP contribution in [-0.2, 0) is 4.79 Å². The third kappa shape index (κ3) is 5.16. The average Bonchev–Trinajstić information content (AvgIpc) is 2.46. The van der Waals surface area contributed by atoms with Gasteiger partial charge in [-0.05, 0) is 30.7 Å². The zero-order chi connectivity index (χ0) is 16.0. The van der Waals surface area contributed by atoms with Crippen molar-refractivity contribution in [3.05, 3.63) is 40.4 Å². The monoisotopic (exact) mass is 311 g/mol. The fourth-order valence-corrected chi connectivity index (χ4v) is 2.20. The lowest BCUT2D eigenvalue weighted by atomic mass is 9.92. The largest absolute Gasteiger partial charge is 0.396 e. The van der Waals surface area contributed by atoms with Gasteiger partial charge in [0.25, 0.3) is 0 Å². The number of hydrogen-bond donors (Lipinski definition) is 2. The Morgan fingerprint density at radius 3 is 2.52 bits per heavy atom. The summed E-state index contributed by atoms with van der Waals surface area (Å²) in [5.41, 5.74) is 0.715. The average molecular weight is 312 g/mol. The summed E-state index contributed by atoms with van der Waals surface area (Å²) in [5.74, 6) is -0.150. The van der Waals surface area contributed by atoms with E-state index in [1.54, 1.807) is 39.1 Å². The molecular formula is C16H22ClNO3. The third-order valence-corrected chi connectivity index (χ3v) is 3.53. The number of aliphatic hydroxyl groups excluding tert-OH is 2. The zero-order valence-electron chi connectivity index (χ0n) is 12.6. The molecule has 0 fully saturated rings. The second-order valence-electron chi connectivity index (χ2n) is 5.67. The molecule has 4 nitrogen and oxygen atoms in total. The van der Waals surface area contributed by atoms with Gasteiger partial charge in [0.05, 0.1) is 13.2 Å². The number of halogens is 1. The topological polar surface area (TPSA) is 60.8 Å². The molecule has 0 unspecified atom stereocenters. The molecule has 0 aliphatic heterocycles. The molecule has 0 bridgehead atoms. The number of hydrogen-bond acceptors (Lipinski definition) is 3. The van der Waals surface area contributed by atoms with E-state index < -0.39 is 5.41 Å². The Morgan fingerprint density at radius 2 is 2.00 bits per heavy atom. The Balaban J connectivity index is 2.82. The van der Waals surface area contributed by atoms with Crippen molar-refractivity contribution < 1.29 is 15.0 Å². The molecule has 116 valence electrons. The molecule has 0 saturated heterocycles. The second kappa shape index (κ2) is 7.59. The minimum Gasteiger partial charge on any atom is -0.396 e. The summed E-state index contributed by atoms with van der Waals surface area (Å²) >= 11 is 5.91. The standard InChI is InChI=1S/C16H22ClNO3/c1-12(7-13-5-4-6-14(17)8-13)15(21)18(3)9-16(2,10-19)11-20/h4-8,19-20H,9-11H2,1-3H3/b12-7+. The number of carbonyl (C=O) groups is 1. The van der Waals surface area contributed by atoms with E-state index in [2.05, 4.69) is 0 Å². The van der Waals surface area contributed by atoms with Gasteiger partial charge < -0.3 is 15.1 Å². The zero-order valence-corrected chi connectivity index (χ0v) is 13.4. The van der Waals surface area contributed by atoms with Gasteiger partial charge in [-0.25, -0.2) is 0 Å². The van der Waals surface area contributed by atoms with Gasteiger partial charge in [0, 0.05) is 29.6 Å². The minimum atomic E-state index is -0.708. The van der Waals surface area contributed by atoms with Crippen LogP contribution >= 0.6 is 11.6 Å². The summed E-state index contributed by atoms with van der Waals surface area (Å²) in [4.78, 5) is 13.8. The lowest BCUT2D eigenvalue weighted by Gasteiger charge is -2.30. The number of aliphatic hydroxyl groups is 2. The van der Waals surface area contributed by atoms with Gasteiger partial charge in [0.2, 0.25) is 5.91 Å². The molecule has 0 atom stereocenters. The maximum Gasteiger partial charge on any atom is 0.249 e. The summed E-state index contributed by atoms with van der Waals surface area (Å²) in [5, 5.41) is 19.2. The van der Waals surface area contributed by atoms with E-state index >= 15 is 0 Å². The Morgan fingerprint density at radius 1 is 1.38 bits per heavy atom. The van der Waals surface area contributed by atoms with Crippen molar-refractivity contribution in [3.8, 4) is 0 Å². The summed E-state index contributed by atoms with van der Waals surface area (Å²) in [7, 11) is 1.65. The van der Waals surface area contributed by atoms with E-state index in [1.165, 1.54) is 4.90 Å². The highest BCUT2D eigenvalue weighted by Gasteiger charge is 2.26. The van der Waals surface area contributed by atoms with Crippen molar-refractivity contribution in [1.82, 2.24) is 4.90 Å². The van der Waals surface area contributed by atoms with Crippen molar-refractivity contribution in [2.24, 2.45) is 5.41 Å². The summed E-state index contributed by atoms with van der Waals surface area (Å²) in [6.07, 6.45) is 1.76. The van der Waals surface area contributed by atoms with Crippen LogP contribution in [0.1, 0.15) is 19.4 Å². The highest BCUT2D eigenvalue weighted by atomic mass is 35.5. The van der Waals surface area contributed by atoms with E-state index in [1.807, 2.05) is 12.1 Å². The molecular weight excluding hydrogens is 290 g/mol. The van der Waals surface area contributed by atoms with Crippen molar-refractivity contribution >= 4 is 23.6 Å². The van der Waals surface area contributed by atoms with Crippen LogP contribution in [0.15, 0.2) is 29.8 Å². The van der Waals surface area contributed by atoms with Crippen LogP contribution in [0.3, 0.4) is 0 Å². The smallest absolute Gasteiger partial charge is 0.249 e. The van der Waals surface area contributed by atoms with Crippen LogP contribution in [0, 0.1) is 5.41 Å². The van der Waals surface area contributed by atoms with Crippen molar-refractivity contribution in [3.63, 3.8) is 0 Å². The van der Waals surface area contributed by atoms with Crippen molar-refractivity contribution in [2.45, 2.75) is 13.8 Å². The van der Waals surface area contributed by atoms with E-state index in [-0.39, 0.29) is 25.7 Å². The fraction of sp³-hybridized carbons (Fsp3) is 0.438. The second-order valence-corrected chi connectivity index (χ2v) is 6.11. The molecule has 0 radical (unpaired) electrons. The first kappa shape index (κ1) is 17.7. The molecule has 0 aromatic heterocycles. The highest BCUT2D eigenvalue weighted by Crippen LogP contribution is 2.18. The van der Waals surface area contributed by atoms with Crippen LogP contribution in [0.5, 0.6) is 0 Å². The van der Waals surface area contributed by atoms with Crippen LogP contribution < -0.4 is 0 Å². The van der Waals surface area contributed by atoms with E-state index in [0.717, 1.165) is 5.56 Å². The predicted molar refractivity (Wildman–Crippen MR) is 85.0 cm³/mol. The molecule has 1 aromatic carbocycles. The molecule has 21 heavy (non-hydrogen) atoms. The van der Waals surface area contributed by atoms with Gasteiger partial charge in [-0.2, -0.15) is 0 Å². The van der Waals surface area contributed by atoms with Crippen LogP contribution in [0.2, 0.25) is 5.02 Å². The van der Waals surface area contributed by atoms with Crippen molar-refractivity contribution in [1.29, 1.82) is 0 Å². The van der Waals surface area contributed by atoms with Gasteiger partial charge in [0.1, 0.15) is 0 Å². The Hall–Kier alpha value is -1.36. The van der Waals surface area contributed by atoms with Crippen LogP contribution in [0.25, 0.3) is 6.08 Å². The number of rotatable bonds is 6. The van der Waals surface area contributed by atoms with Gasteiger partial charge in [0.15, 0.2) is 0 Å². The predicted octanol–water partition coefficient (Wildman–Crippen LogP) is 2.19. The quantitative estimate of drug-likeness (QED) is 0.792. The van der Waals surface area contributed by atoms with E-state index in [9.17, 15) is 15.0 Å². The number of amides is 1. The number of likely N-dealkylation sites (N-methyl/N-ethyl adjacent to an activating group) is 1. The third-order valence-electron chi connectivity index (χ3n) is 3.30. The van der Waals surface area contributed by atoms with Crippen molar-refractivity contribution in [2.75, 3.05) is 26.8 Å². The molecule has 0 spiro atoms. The maximum atomic E-state index is 12.3. The summed E-state index contributed by atoms with van der Waals surface area (Å²) in [6.45, 7) is 3.37. The maximum absolute atomic E-state index is 12.3. The molecule has 0 saturated carbocycles. The summed E-state index contributed by atoms with van der Waals surface area (Å²) in [6, 6.07) is 7.25. The van der Waals surface area contributed by atoms with E-state index in [0.29, 0.717) is 10.6 Å². The Bertz CT molecular complexity index is 524. The molecule has 0 aliphatic rings. The first-order valence-corrected chi connectivity index (χ1v) is 7.10. The number of carbonyl (C=O) groups excluding carboxylic acids is 1. The lowest BCUT2D eigenvalue weighted by Crippen LogP contribution is -2.41. The number of nitrogens with zero attached hydrogens (tertiary/aromatic N) is 1. The molecule has 1 rings (SSSR count). The Kier molecular flexibility index (Phi) is 6.40. The molecule has 0 heterocycles. The molecule has 1 aromatic rings. The molecule has 5 heteroatoms. The fourth-order valence-electron chi connectivity index (χ4n) is 2.00. The number of benzene rings is 1. The van der Waals surface area contributed by atoms with Crippen LogP contribution in [0.4, 0.5) is 0 Å². The van der Waals surface area contributed by atoms with Gasteiger partial charge in [-0.1, -0.05) is 30.7 Å². The lowest BCUT2D eigenvalue weighted by molar-refractivity contribution is -0.127. The summed E-state index contributed by atoms with van der Waals surface area (Å²) < 4.78 is 0. The van der Waals surface area contributed by atoms with Crippen LogP contribution in [-0.4, -0.2) is 47.8 Å². The molecule has 0 aliphatic carbocycles. The molecule has 1 amide bonds. The highest BCUT2D eigenvalue weighted by molar-refractivity contribution is 6.30. The Labute approximate surface area is 130 Å². The first-order valence-electron chi connectivity index (χ1n) is 6.72. The van der Waals surface area contributed by atoms with Gasteiger partial charge >= 0.3 is 0 Å². The van der Waals surface area contributed by atoms with Gasteiger partial charge in [-0.15, -0.1) is 0 Å².